The number of hydrogen-bond donors (Lipinski definition) is 1. The van der Waals surface area contributed by atoms with E-state index in [0.29, 0.717) is 23.5 Å². The summed E-state index contributed by atoms with van der Waals surface area (Å²) in [5, 5.41) is -0.771. The molecule has 116 valence electrons. The summed E-state index contributed by atoms with van der Waals surface area (Å²) < 4.78 is 25.1. The number of rotatable bonds is 3. The SMILES string of the molecule is CCS(=O)(=O)C1CSCCN1C(=O)c1cc(Br)ccc1N. The predicted molar refractivity (Wildman–Crippen MR) is 90.2 cm³/mol. The zero-order valence-electron chi connectivity index (χ0n) is 11.6. The monoisotopic (exact) mass is 392 g/mol. The normalized spacial score (nSPS) is 19.5. The molecule has 1 heterocycles. The molecule has 8 heteroatoms. The number of carbonyl (C=O) groups excluding carboxylic acids is 1. The highest BCUT2D eigenvalue weighted by atomic mass is 79.9. The molecule has 0 saturated carbocycles. The predicted octanol–water partition coefficient (Wildman–Crippen LogP) is 1.98. The second kappa shape index (κ2) is 6.58. The van der Waals surface area contributed by atoms with Gasteiger partial charge in [-0.2, -0.15) is 11.8 Å². The smallest absolute Gasteiger partial charge is 0.257 e. The van der Waals surface area contributed by atoms with Gasteiger partial charge in [0.15, 0.2) is 9.84 Å². The first-order valence-electron chi connectivity index (χ1n) is 6.52. The van der Waals surface area contributed by atoms with Crippen molar-refractivity contribution in [3.8, 4) is 0 Å². The molecule has 2 rings (SSSR count). The van der Waals surface area contributed by atoms with E-state index < -0.39 is 15.2 Å². The molecular weight excluding hydrogens is 376 g/mol. The Morgan fingerprint density at radius 2 is 2.24 bits per heavy atom. The van der Waals surface area contributed by atoms with Crippen LogP contribution in [0.15, 0.2) is 22.7 Å². The number of hydrogen-bond acceptors (Lipinski definition) is 5. The van der Waals surface area contributed by atoms with Gasteiger partial charge in [-0.25, -0.2) is 8.42 Å². The second-order valence-corrected chi connectivity index (χ2v) is 9.22. The highest BCUT2D eigenvalue weighted by molar-refractivity contribution is 9.10. The lowest BCUT2D eigenvalue weighted by molar-refractivity contribution is 0.0750. The van der Waals surface area contributed by atoms with Crippen molar-refractivity contribution in [3.05, 3.63) is 28.2 Å². The molecule has 1 aliphatic rings. The number of benzene rings is 1. The quantitative estimate of drug-likeness (QED) is 0.795. The van der Waals surface area contributed by atoms with Gasteiger partial charge in [0.1, 0.15) is 5.37 Å². The first kappa shape index (κ1) is 16.6. The Kier molecular flexibility index (Phi) is 5.21. The number of thioether (sulfide) groups is 1. The van der Waals surface area contributed by atoms with Gasteiger partial charge >= 0.3 is 0 Å². The van der Waals surface area contributed by atoms with Crippen molar-refractivity contribution in [1.29, 1.82) is 0 Å². The number of nitrogens with zero attached hydrogens (tertiary/aromatic N) is 1. The van der Waals surface area contributed by atoms with E-state index in [1.165, 1.54) is 4.90 Å². The number of amides is 1. The summed E-state index contributed by atoms with van der Waals surface area (Å²) in [6.45, 7) is 2.02. The Hall–Kier alpha value is -0.730. The van der Waals surface area contributed by atoms with E-state index in [-0.39, 0.29) is 11.7 Å². The van der Waals surface area contributed by atoms with E-state index in [9.17, 15) is 13.2 Å². The summed E-state index contributed by atoms with van der Waals surface area (Å²) in [5.41, 5.74) is 6.56. The highest BCUT2D eigenvalue weighted by Crippen LogP contribution is 2.26. The zero-order chi connectivity index (χ0) is 15.6. The average molecular weight is 393 g/mol. The Morgan fingerprint density at radius 3 is 2.90 bits per heavy atom. The van der Waals surface area contributed by atoms with Crippen molar-refractivity contribution in [2.75, 3.05) is 29.5 Å². The minimum atomic E-state index is -3.31. The van der Waals surface area contributed by atoms with Gasteiger partial charge in [0, 0.05) is 34.0 Å². The lowest BCUT2D eigenvalue weighted by atomic mass is 10.1. The van der Waals surface area contributed by atoms with Crippen molar-refractivity contribution in [3.63, 3.8) is 0 Å². The van der Waals surface area contributed by atoms with E-state index in [1.54, 1.807) is 36.9 Å². The molecule has 0 aromatic heterocycles. The minimum absolute atomic E-state index is 0.0238. The number of nitrogens with two attached hydrogens (primary N) is 1. The molecule has 0 aliphatic carbocycles. The molecule has 1 amide bonds. The standard InChI is InChI=1S/C13H17BrN2O3S2/c1-2-21(18,19)12-8-20-6-5-16(12)13(17)10-7-9(14)3-4-11(10)15/h3-4,7,12H,2,5-6,8,15H2,1H3. The van der Waals surface area contributed by atoms with E-state index >= 15 is 0 Å². The number of nitrogen functional groups attached to an aromatic ring is 1. The third-order valence-corrected chi connectivity index (χ3v) is 7.19. The molecule has 1 unspecified atom stereocenters. The summed E-state index contributed by atoms with van der Waals surface area (Å²) in [6.07, 6.45) is 0. The second-order valence-electron chi connectivity index (χ2n) is 4.71. The largest absolute Gasteiger partial charge is 0.398 e. The maximum absolute atomic E-state index is 12.7. The van der Waals surface area contributed by atoms with Crippen LogP contribution in [0.2, 0.25) is 0 Å². The van der Waals surface area contributed by atoms with E-state index in [4.69, 9.17) is 5.73 Å². The Morgan fingerprint density at radius 1 is 1.52 bits per heavy atom. The van der Waals surface area contributed by atoms with Crippen LogP contribution in [-0.4, -0.2) is 48.4 Å². The fourth-order valence-electron chi connectivity index (χ4n) is 2.17. The average Bonchev–Trinajstić information content (AvgIpc) is 2.49. The van der Waals surface area contributed by atoms with Crippen LogP contribution >= 0.6 is 27.7 Å². The third kappa shape index (κ3) is 3.54. The first-order chi connectivity index (χ1) is 9.86. The van der Waals surface area contributed by atoms with Crippen molar-refractivity contribution < 1.29 is 13.2 Å². The lowest BCUT2D eigenvalue weighted by Gasteiger charge is -2.35. The zero-order valence-corrected chi connectivity index (χ0v) is 14.8. The molecule has 0 spiro atoms. The van der Waals surface area contributed by atoms with Gasteiger partial charge in [-0.3, -0.25) is 4.79 Å². The van der Waals surface area contributed by atoms with Crippen LogP contribution in [0.4, 0.5) is 5.69 Å². The van der Waals surface area contributed by atoms with Crippen molar-refractivity contribution >= 4 is 49.1 Å². The Bertz CT molecular complexity index is 649. The van der Waals surface area contributed by atoms with Gasteiger partial charge in [-0.05, 0) is 18.2 Å². The van der Waals surface area contributed by atoms with E-state index in [2.05, 4.69) is 15.9 Å². The molecule has 1 aromatic carbocycles. The molecule has 1 aromatic rings. The summed E-state index contributed by atoms with van der Waals surface area (Å²) in [6, 6.07) is 5.02. The Balaban J connectivity index is 2.37. The molecule has 0 bridgehead atoms. The van der Waals surface area contributed by atoms with Crippen molar-refractivity contribution in [1.82, 2.24) is 4.90 Å². The van der Waals surface area contributed by atoms with Gasteiger partial charge in [0.2, 0.25) is 0 Å². The number of halogens is 1. The van der Waals surface area contributed by atoms with Crippen molar-refractivity contribution in [2.24, 2.45) is 0 Å². The van der Waals surface area contributed by atoms with E-state index in [0.717, 1.165) is 10.2 Å². The van der Waals surface area contributed by atoms with E-state index in [1.807, 2.05) is 0 Å². The van der Waals surface area contributed by atoms with Crippen LogP contribution < -0.4 is 5.73 Å². The molecule has 2 N–H and O–H groups in total. The first-order valence-corrected chi connectivity index (χ1v) is 10.2. The van der Waals surface area contributed by atoms with Crippen LogP contribution in [0.1, 0.15) is 17.3 Å². The highest BCUT2D eigenvalue weighted by Gasteiger charge is 2.36. The molecule has 1 aliphatic heterocycles. The van der Waals surface area contributed by atoms with Crippen molar-refractivity contribution in [2.45, 2.75) is 12.3 Å². The summed E-state index contributed by atoms with van der Waals surface area (Å²) in [4.78, 5) is 14.1. The fraction of sp³-hybridized carbons (Fsp3) is 0.462. The van der Waals surface area contributed by atoms with Gasteiger partial charge in [-0.15, -0.1) is 0 Å². The maximum Gasteiger partial charge on any atom is 0.257 e. The third-order valence-electron chi connectivity index (χ3n) is 3.41. The fourth-order valence-corrected chi connectivity index (χ4v) is 5.50. The molecule has 21 heavy (non-hydrogen) atoms. The number of carbonyl (C=O) groups is 1. The molecule has 5 nitrogen and oxygen atoms in total. The van der Waals surface area contributed by atoms with Gasteiger partial charge < -0.3 is 10.6 Å². The van der Waals surface area contributed by atoms with Gasteiger partial charge in [0.05, 0.1) is 5.56 Å². The van der Waals surface area contributed by atoms with Gasteiger partial charge in [0.25, 0.3) is 5.91 Å². The molecule has 1 fully saturated rings. The van der Waals surface area contributed by atoms with Crippen LogP contribution in [-0.2, 0) is 9.84 Å². The number of anilines is 1. The Labute approximate surface area is 137 Å². The van der Waals surface area contributed by atoms with Crippen LogP contribution in [0.3, 0.4) is 0 Å². The van der Waals surface area contributed by atoms with Crippen LogP contribution in [0.5, 0.6) is 0 Å². The molecule has 0 radical (unpaired) electrons. The topological polar surface area (TPSA) is 80.5 Å². The molecule has 1 saturated heterocycles. The summed E-state index contributed by atoms with van der Waals surface area (Å²) in [5.74, 6) is 0.845. The summed E-state index contributed by atoms with van der Waals surface area (Å²) in [7, 11) is -3.31. The molecular formula is C13H17BrN2O3S2. The van der Waals surface area contributed by atoms with Crippen LogP contribution in [0.25, 0.3) is 0 Å². The number of sulfone groups is 1. The summed E-state index contributed by atoms with van der Waals surface area (Å²) >= 11 is 4.86. The van der Waals surface area contributed by atoms with Crippen LogP contribution in [0, 0.1) is 0 Å². The maximum atomic E-state index is 12.7. The van der Waals surface area contributed by atoms with Gasteiger partial charge in [-0.1, -0.05) is 22.9 Å². The molecule has 1 atom stereocenters. The minimum Gasteiger partial charge on any atom is -0.398 e. The lowest BCUT2D eigenvalue weighted by Crippen LogP contribution is -2.50.